The lowest BCUT2D eigenvalue weighted by molar-refractivity contribution is 0.0938. The van der Waals surface area contributed by atoms with E-state index in [1.807, 2.05) is 0 Å². The monoisotopic (exact) mass is 309 g/mol. The molecule has 1 aromatic heterocycles. The third-order valence-corrected chi connectivity index (χ3v) is 3.90. The fourth-order valence-corrected chi connectivity index (χ4v) is 2.43. The largest absolute Gasteiger partial charge is 0.399 e. The Morgan fingerprint density at radius 2 is 2.10 bits per heavy atom. The van der Waals surface area contributed by atoms with Gasteiger partial charge in [0.2, 0.25) is 0 Å². The Hall–Kier alpha value is -2.42. The lowest BCUT2D eigenvalue weighted by atomic mass is 10.1. The Kier molecular flexibility index (Phi) is 3.94. The van der Waals surface area contributed by atoms with Crippen molar-refractivity contribution in [1.82, 2.24) is 20.5 Å². The summed E-state index contributed by atoms with van der Waals surface area (Å²) in [7, 11) is -3.44. The fourth-order valence-electron chi connectivity index (χ4n) is 1.74. The van der Waals surface area contributed by atoms with Gasteiger partial charge in [-0.05, 0) is 25.1 Å². The molecule has 0 saturated heterocycles. The van der Waals surface area contributed by atoms with Crippen LogP contribution in [0.2, 0.25) is 0 Å². The summed E-state index contributed by atoms with van der Waals surface area (Å²) in [6.45, 7) is 1.72. The van der Waals surface area contributed by atoms with Crippen LogP contribution in [0.25, 0.3) is 0 Å². The first-order valence-electron chi connectivity index (χ1n) is 6.04. The molecule has 1 heterocycles. The van der Waals surface area contributed by atoms with E-state index < -0.39 is 21.8 Å². The van der Waals surface area contributed by atoms with E-state index in [4.69, 9.17) is 5.73 Å². The third-order valence-electron chi connectivity index (χ3n) is 2.81. The Bertz CT molecular complexity index is 755. The number of nitrogens with zero attached hydrogens (tertiary/aromatic N) is 2. The average molecular weight is 309 g/mol. The van der Waals surface area contributed by atoms with E-state index in [1.165, 1.54) is 24.5 Å². The summed E-state index contributed by atoms with van der Waals surface area (Å²) >= 11 is 0. The second kappa shape index (κ2) is 5.52. The van der Waals surface area contributed by atoms with E-state index in [9.17, 15) is 13.2 Å². The first-order chi connectivity index (χ1) is 9.77. The minimum Gasteiger partial charge on any atom is -0.399 e. The van der Waals surface area contributed by atoms with Gasteiger partial charge < -0.3 is 11.1 Å². The van der Waals surface area contributed by atoms with Gasteiger partial charge in [-0.25, -0.2) is 13.4 Å². The van der Waals surface area contributed by atoms with Crippen molar-refractivity contribution < 1.29 is 13.2 Å². The molecule has 0 aliphatic carbocycles. The number of carbonyl (C=O) groups is 1. The summed E-state index contributed by atoms with van der Waals surface area (Å²) in [4.78, 5) is 16.1. The quantitative estimate of drug-likeness (QED) is 0.695. The zero-order valence-corrected chi connectivity index (χ0v) is 12.3. The highest BCUT2D eigenvalue weighted by Gasteiger charge is 2.16. The van der Waals surface area contributed by atoms with Crippen LogP contribution in [0.15, 0.2) is 29.4 Å². The molecule has 2 aromatic rings. The molecule has 0 bridgehead atoms. The van der Waals surface area contributed by atoms with Crippen LogP contribution < -0.4 is 11.1 Å². The number of rotatable bonds is 4. The van der Waals surface area contributed by atoms with Crippen molar-refractivity contribution in [2.45, 2.75) is 17.9 Å². The molecular weight excluding hydrogens is 294 g/mol. The van der Waals surface area contributed by atoms with Crippen LogP contribution in [-0.4, -0.2) is 35.8 Å². The summed E-state index contributed by atoms with van der Waals surface area (Å²) in [5, 5.41) is 9.02. The summed E-state index contributed by atoms with van der Waals surface area (Å²) in [5.41, 5.74) is 6.02. The number of nitrogens with two attached hydrogens (primary N) is 1. The zero-order valence-electron chi connectivity index (χ0n) is 11.5. The molecule has 9 heteroatoms. The van der Waals surface area contributed by atoms with Crippen LogP contribution in [0, 0.1) is 0 Å². The lowest BCUT2D eigenvalue weighted by Crippen LogP contribution is -2.27. The highest BCUT2D eigenvalue weighted by atomic mass is 32.2. The van der Waals surface area contributed by atoms with Gasteiger partial charge >= 0.3 is 0 Å². The summed E-state index contributed by atoms with van der Waals surface area (Å²) in [6.07, 6.45) is 2.39. The molecule has 0 spiro atoms. The number of H-pyrrole nitrogens is 1. The highest BCUT2D eigenvalue weighted by Crippen LogP contribution is 2.17. The Balaban J connectivity index is 2.25. The lowest BCUT2D eigenvalue weighted by Gasteiger charge is -2.12. The molecule has 1 unspecified atom stereocenters. The van der Waals surface area contributed by atoms with Crippen molar-refractivity contribution in [3.8, 4) is 0 Å². The number of anilines is 1. The second-order valence-corrected chi connectivity index (χ2v) is 6.64. The normalized spacial score (nSPS) is 12.9. The summed E-state index contributed by atoms with van der Waals surface area (Å²) < 4.78 is 23.1. The first kappa shape index (κ1) is 15.0. The van der Waals surface area contributed by atoms with Gasteiger partial charge in [0, 0.05) is 17.5 Å². The Labute approximate surface area is 121 Å². The molecule has 0 radical (unpaired) electrons. The van der Waals surface area contributed by atoms with E-state index in [0.717, 1.165) is 6.26 Å². The molecule has 2 rings (SSSR count). The molecule has 1 atom stereocenters. The van der Waals surface area contributed by atoms with Gasteiger partial charge in [-0.2, -0.15) is 5.10 Å². The van der Waals surface area contributed by atoms with E-state index in [1.54, 1.807) is 6.92 Å². The third kappa shape index (κ3) is 3.57. The molecule has 0 fully saturated rings. The van der Waals surface area contributed by atoms with Gasteiger partial charge in [-0.3, -0.25) is 9.89 Å². The van der Waals surface area contributed by atoms with Gasteiger partial charge in [-0.1, -0.05) is 0 Å². The van der Waals surface area contributed by atoms with Crippen molar-refractivity contribution in [1.29, 1.82) is 0 Å². The summed E-state index contributed by atoms with van der Waals surface area (Å²) in [6, 6.07) is 3.61. The fraction of sp³-hybridized carbons (Fsp3) is 0.250. The van der Waals surface area contributed by atoms with Crippen LogP contribution in [0.3, 0.4) is 0 Å². The predicted molar refractivity (Wildman–Crippen MR) is 76.2 cm³/mol. The molecular formula is C12H15N5O3S. The smallest absolute Gasteiger partial charge is 0.251 e. The molecule has 0 saturated carbocycles. The molecule has 1 amide bonds. The first-order valence-corrected chi connectivity index (χ1v) is 7.93. The Morgan fingerprint density at radius 1 is 1.38 bits per heavy atom. The summed E-state index contributed by atoms with van der Waals surface area (Å²) in [5.74, 6) is 0.0479. The van der Waals surface area contributed by atoms with Crippen molar-refractivity contribution in [2.24, 2.45) is 0 Å². The van der Waals surface area contributed by atoms with Gasteiger partial charge in [0.1, 0.15) is 12.2 Å². The number of carbonyl (C=O) groups excluding carboxylic acids is 1. The number of aromatic amines is 1. The predicted octanol–water partition coefficient (Wildman–Crippen LogP) is 0.281. The van der Waals surface area contributed by atoms with Crippen LogP contribution >= 0.6 is 0 Å². The van der Waals surface area contributed by atoms with Gasteiger partial charge in [0.25, 0.3) is 5.91 Å². The maximum Gasteiger partial charge on any atom is 0.251 e. The molecule has 1 aromatic carbocycles. The van der Waals surface area contributed by atoms with Crippen molar-refractivity contribution in [3.05, 3.63) is 35.9 Å². The Morgan fingerprint density at radius 3 is 2.67 bits per heavy atom. The number of hydrogen-bond donors (Lipinski definition) is 3. The van der Waals surface area contributed by atoms with Crippen molar-refractivity contribution in [3.63, 3.8) is 0 Å². The molecule has 4 N–H and O–H groups in total. The number of nitrogen functional groups attached to an aromatic ring is 1. The second-order valence-electron chi connectivity index (χ2n) is 4.63. The van der Waals surface area contributed by atoms with Crippen LogP contribution in [0.4, 0.5) is 5.69 Å². The number of nitrogens with one attached hydrogen (secondary N) is 2. The van der Waals surface area contributed by atoms with Crippen molar-refractivity contribution >= 4 is 21.4 Å². The average Bonchev–Trinajstić information content (AvgIpc) is 2.90. The number of sulfone groups is 1. The highest BCUT2D eigenvalue weighted by molar-refractivity contribution is 7.90. The van der Waals surface area contributed by atoms with Gasteiger partial charge in [-0.15, -0.1) is 0 Å². The number of amides is 1. The number of hydrogen-bond acceptors (Lipinski definition) is 6. The molecule has 0 aliphatic heterocycles. The maximum atomic E-state index is 12.2. The van der Waals surface area contributed by atoms with Crippen LogP contribution in [0.5, 0.6) is 0 Å². The topological polar surface area (TPSA) is 131 Å². The van der Waals surface area contributed by atoms with Crippen LogP contribution in [0.1, 0.15) is 29.1 Å². The maximum absolute atomic E-state index is 12.2. The van der Waals surface area contributed by atoms with E-state index in [-0.39, 0.29) is 16.1 Å². The molecule has 112 valence electrons. The van der Waals surface area contributed by atoms with E-state index in [2.05, 4.69) is 20.5 Å². The minimum absolute atomic E-state index is 0.0000293. The van der Waals surface area contributed by atoms with Gasteiger partial charge in [0.05, 0.1) is 10.9 Å². The number of benzene rings is 1. The van der Waals surface area contributed by atoms with Crippen LogP contribution in [-0.2, 0) is 9.84 Å². The van der Waals surface area contributed by atoms with E-state index >= 15 is 0 Å². The van der Waals surface area contributed by atoms with E-state index in [0.29, 0.717) is 5.82 Å². The molecule has 0 aliphatic rings. The minimum atomic E-state index is -3.44. The zero-order chi connectivity index (χ0) is 15.6. The number of aromatic nitrogens is 3. The molecule has 8 nitrogen and oxygen atoms in total. The van der Waals surface area contributed by atoms with Gasteiger partial charge in [0.15, 0.2) is 9.84 Å². The van der Waals surface area contributed by atoms with Crippen molar-refractivity contribution in [2.75, 3.05) is 12.0 Å². The standard InChI is InChI=1S/C12H15N5O3S/c1-7(11-14-6-15-17-11)16-12(18)8-3-9(13)5-10(4-8)21(2,19)20/h3-7H,13H2,1-2H3,(H,16,18)(H,14,15,17). The molecule has 21 heavy (non-hydrogen) atoms. The SMILES string of the molecule is CC(NC(=O)c1cc(N)cc(S(C)(=O)=O)c1)c1ncn[nH]1.